The molecule has 0 bridgehead atoms. The normalized spacial score (nSPS) is 19.3. The van der Waals surface area contributed by atoms with E-state index in [1.807, 2.05) is 29.2 Å². The molecule has 3 rings (SSSR count). The molecule has 2 N–H and O–H groups in total. The number of aliphatic hydroxyl groups is 1. The molecule has 0 atom stereocenters. The van der Waals surface area contributed by atoms with Crippen molar-refractivity contribution in [3.05, 3.63) is 29.8 Å². The summed E-state index contributed by atoms with van der Waals surface area (Å²) in [6.45, 7) is 1.27. The predicted octanol–water partition coefficient (Wildman–Crippen LogP) is 1.95. The van der Waals surface area contributed by atoms with Crippen molar-refractivity contribution in [2.45, 2.75) is 44.6 Å². The van der Waals surface area contributed by atoms with Crippen molar-refractivity contribution in [3.63, 3.8) is 0 Å². The average molecular weight is 316 g/mol. The fourth-order valence-electron chi connectivity index (χ4n) is 3.02. The van der Waals surface area contributed by atoms with E-state index in [4.69, 9.17) is 0 Å². The summed E-state index contributed by atoms with van der Waals surface area (Å²) in [5.41, 5.74) is 1.74. The topological polar surface area (TPSA) is 69.6 Å². The van der Waals surface area contributed by atoms with Crippen LogP contribution in [0.2, 0.25) is 0 Å². The number of benzene rings is 1. The molecular formula is C18H24N2O3. The number of piperidine rings is 1. The van der Waals surface area contributed by atoms with Gasteiger partial charge in [-0.25, -0.2) is 0 Å². The van der Waals surface area contributed by atoms with Gasteiger partial charge in [0, 0.05) is 24.7 Å². The molecule has 0 unspecified atom stereocenters. The van der Waals surface area contributed by atoms with E-state index in [2.05, 4.69) is 5.32 Å². The van der Waals surface area contributed by atoms with Crippen LogP contribution in [0.3, 0.4) is 0 Å². The van der Waals surface area contributed by atoms with Gasteiger partial charge in [0.25, 0.3) is 0 Å². The van der Waals surface area contributed by atoms with Gasteiger partial charge < -0.3 is 15.3 Å². The minimum Gasteiger partial charge on any atom is -0.393 e. The molecule has 1 aromatic rings. The lowest BCUT2D eigenvalue weighted by Gasteiger charge is -2.29. The van der Waals surface area contributed by atoms with Gasteiger partial charge in [-0.05, 0) is 43.4 Å². The van der Waals surface area contributed by atoms with Gasteiger partial charge in [-0.3, -0.25) is 9.59 Å². The maximum absolute atomic E-state index is 12.2. The van der Waals surface area contributed by atoms with Gasteiger partial charge in [0.15, 0.2) is 0 Å². The highest BCUT2D eigenvalue weighted by molar-refractivity contribution is 5.93. The smallest absolute Gasteiger partial charge is 0.227 e. The van der Waals surface area contributed by atoms with Crippen molar-refractivity contribution >= 4 is 17.5 Å². The van der Waals surface area contributed by atoms with E-state index in [1.165, 1.54) is 0 Å². The number of carbonyl (C=O) groups excluding carboxylic acids is 2. The predicted molar refractivity (Wildman–Crippen MR) is 87.9 cm³/mol. The first-order valence-electron chi connectivity index (χ1n) is 8.47. The van der Waals surface area contributed by atoms with Crippen LogP contribution in [0.15, 0.2) is 24.3 Å². The summed E-state index contributed by atoms with van der Waals surface area (Å²) in [6.07, 6.45) is 4.55. The molecule has 5 nitrogen and oxygen atoms in total. The third-order valence-corrected chi connectivity index (χ3v) is 4.87. The largest absolute Gasteiger partial charge is 0.393 e. The molecule has 2 fully saturated rings. The first kappa shape index (κ1) is 16.0. The summed E-state index contributed by atoms with van der Waals surface area (Å²) in [4.78, 5) is 26.0. The van der Waals surface area contributed by atoms with Crippen LogP contribution in [0.5, 0.6) is 0 Å². The van der Waals surface area contributed by atoms with E-state index in [-0.39, 0.29) is 23.8 Å². The Morgan fingerprint density at radius 1 is 1.09 bits per heavy atom. The number of carbonyl (C=O) groups is 2. The molecule has 2 amide bonds. The molecule has 124 valence electrons. The summed E-state index contributed by atoms with van der Waals surface area (Å²) in [5, 5.41) is 12.4. The van der Waals surface area contributed by atoms with Crippen LogP contribution in [0.25, 0.3) is 0 Å². The maximum Gasteiger partial charge on any atom is 0.227 e. The molecular weight excluding hydrogens is 292 g/mol. The number of rotatable bonds is 4. The molecule has 2 aliphatic rings. The lowest BCUT2D eigenvalue weighted by atomic mass is 9.85. The summed E-state index contributed by atoms with van der Waals surface area (Å²) in [5.74, 6) is 0.376. The molecule has 23 heavy (non-hydrogen) atoms. The number of hydrogen-bond donors (Lipinski definition) is 2. The molecule has 0 radical (unpaired) electrons. The zero-order valence-electron chi connectivity index (χ0n) is 13.3. The standard InChI is InChI=1S/C18H24N2O3/c21-16-8-10-20(11-9-16)17(22)12-13-4-6-15(7-5-13)19-18(23)14-2-1-3-14/h4-7,14,16,21H,1-3,8-12H2,(H,19,23). The van der Waals surface area contributed by atoms with Gasteiger partial charge in [0.1, 0.15) is 0 Å². The van der Waals surface area contributed by atoms with Gasteiger partial charge in [0.05, 0.1) is 12.5 Å². The molecule has 1 aromatic carbocycles. The van der Waals surface area contributed by atoms with Crippen LogP contribution >= 0.6 is 0 Å². The third kappa shape index (κ3) is 4.10. The van der Waals surface area contributed by atoms with Crippen molar-refractivity contribution in [2.24, 2.45) is 5.92 Å². The molecule has 0 aromatic heterocycles. The lowest BCUT2D eigenvalue weighted by molar-refractivity contribution is -0.132. The van der Waals surface area contributed by atoms with Crippen LogP contribution in [0.1, 0.15) is 37.7 Å². The molecule has 5 heteroatoms. The van der Waals surface area contributed by atoms with Crippen LogP contribution in [-0.2, 0) is 16.0 Å². The van der Waals surface area contributed by atoms with Crippen LogP contribution in [0.4, 0.5) is 5.69 Å². The molecule has 1 aliphatic carbocycles. The van der Waals surface area contributed by atoms with Crippen molar-refractivity contribution in [1.82, 2.24) is 4.90 Å². The number of nitrogens with one attached hydrogen (secondary N) is 1. The van der Waals surface area contributed by atoms with Gasteiger partial charge in [0.2, 0.25) is 11.8 Å². The Morgan fingerprint density at radius 2 is 1.74 bits per heavy atom. The van der Waals surface area contributed by atoms with E-state index < -0.39 is 0 Å². The van der Waals surface area contributed by atoms with Crippen LogP contribution in [0, 0.1) is 5.92 Å². The summed E-state index contributed by atoms with van der Waals surface area (Å²) in [7, 11) is 0. The Hall–Kier alpha value is -1.88. The minimum absolute atomic E-state index is 0.100. The number of aliphatic hydroxyl groups excluding tert-OH is 1. The Bertz CT molecular complexity index is 558. The summed E-state index contributed by atoms with van der Waals surface area (Å²) in [6, 6.07) is 7.51. The molecule has 1 aliphatic heterocycles. The van der Waals surface area contributed by atoms with Crippen molar-refractivity contribution in [1.29, 1.82) is 0 Å². The first-order valence-corrected chi connectivity index (χ1v) is 8.47. The second-order valence-corrected chi connectivity index (χ2v) is 6.60. The maximum atomic E-state index is 12.2. The fraction of sp³-hybridized carbons (Fsp3) is 0.556. The number of hydrogen-bond acceptors (Lipinski definition) is 3. The SMILES string of the molecule is O=C(Nc1ccc(CC(=O)N2CCC(O)CC2)cc1)C1CCC1. The zero-order valence-corrected chi connectivity index (χ0v) is 13.3. The Labute approximate surface area is 136 Å². The molecule has 1 saturated heterocycles. The van der Waals surface area contributed by atoms with Crippen molar-refractivity contribution < 1.29 is 14.7 Å². The van der Waals surface area contributed by atoms with E-state index in [0.29, 0.717) is 32.4 Å². The summed E-state index contributed by atoms with van der Waals surface area (Å²) >= 11 is 0. The van der Waals surface area contributed by atoms with Gasteiger partial charge in [-0.2, -0.15) is 0 Å². The monoisotopic (exact) mass is 316 g/mol. The number of amides is 2. The van der Waals surface area contributed by atoms with Gasteiger partial charge in [-0.1, -0.05) is 18.6 Å². The Morgan fingerprint density at radius 3 is 2.30 bits per heavy atom. The second kappa shape index (κ2) is 7.13. The Kier molecular flexibility index (Phi) is 4.96. The highest BCUT2D eigenvalue weighted by Gasteiger charge is 2.25. The number of nitrogens with zero attached hydrogens (tertiary/aromatic N) is 1. The number of likely N-dealkylation sites (tertiary alicyclic amines) is 1. The molecule has 1 saturated carbocycles. The Balaban J connectivity index is 1.50. The second-order valence-electron chi connectivity index (χ2n) is 6.60. The van der Waals surface area contributed by atoms with Crippen molar-refractivity contribution in [3.8, 4) is 0 Å². The highest BCUT2D eigenvalue weighted by atomic mass is 16.3. The molecule has 0 spiro atoms. The van der Waals surface area contributed by atoms with Gasteiger partial charge in [-0.15, -0.1) is 0 Å². The van der Waals surface area contributed by atoms with E-state index in [1.54, 1.807) is 0 Å². The third-order valence-electron chi connectivity index (χ3n) is 4.87. The number of anilines is 1. The zero-order chi connectivity index (χ0) is 16.2. The van der Waals surface area contributed by atoms with Crippen molar-refractivity contribution in [2.75, 3.05) is 18.4 Å². The summed E-state index contributed by atoms with van der Waals surface area (Å²) < 4.78 is 0. The average Bonchev–Trinajstić information content (AvgIpc) is 2.48. The highest BCUT2D eigenvalue weighted by Crippen LogP contribution is 2.27. The van der Waals surface area contributed by atoms with Crippen LogP contribution < -0.4 is 5.32 Å². The first-order chi connectivity index (χ1) is 11.1. The van der Waals surface area contributed by atoms with E-state index >= 15 is 0 Å². The quantitative estimate of drug-likeness (QED) is 0.892. The molecule has 1 heterocycles. The van der Waals surface area contributed by atoms with E-state index in [0.717, 1.165) is 30.5 Å². The van der Waals surface area contributed by atoms with Gasteiger partial charge >= 0.3 is 0 Å². The van der Waals surface area contributed by atoms with E-state index in [9.17, 15) is 14.7 Å². The lowest BCUT2D eigenvalue weighted by Crippen LogP contribution is -2.40. The minimum atomic E-state index is -0.266. The van der Waals surface area contributed by atoms with Crippen LogP contribution in [-0.4, -0.2) is 41.0 Å². The fourth-order valence-corrected chi connectivity index (χ4v) is 3.02.